The molecule has 2 N–H and O–H groups in total. The van der Waals surface area contributed by atoms with Gasteiger partial charge in [0.2, 0.25) is 0 Å². The summed E-state index contributed by atoms with van der Waals surface area (Å²) in [7, 11) is 0. The topological polar surface area (TPSA) is 58.0 Å². The second kappa shape index (κ2) is 5.91. The first-order chi connectivity index (χ1) is 11.2. The van der Waals surface area contributed by atoms with Gasteiger partial charge in [-0.1, -0.05) is 12.1 Å². The highest BCUT2D eigenvalue weighted by Crippen LogP contribution is 2.38. The van der Waals surface area contributed by atoms with Gasteiger partial charge in [-0.05, 0) is 55.9 Å². The van der Waals surface area contributed by atoms with E-state index in [4.69, 9.17) is 0 Å². The number of aryl methyl sites for hydroxylation is 2. The number of aliphatic hydroxyl groups excluding tert-OH is 1. The molecule has 2 heterocycles. The monoisotopic (exact) mass is 325 g/mol. The highest BCUT2D eigenvalue weighted by atomic mass is 32.1. The van der Waals surface area contributed by atoms with Gasteiger partial charge in [0.1, 0.15) is 17.0 Å². The van der Waals surface area contributed by atoms with Crippen LogP contribution in [0.1, 0.15) is 41.9 Å². The van der Waals surface area contributed by atoms with Crippen molar-refractivity contribution < 1.29 is 5.11 Å². The van der Waals surface area contributed by atoms with Gasteiger partial charge in [0.25, 0.3) is 0 Å². The van der Waals surface area contributed by atoms with Crippen LogP contribution in [0, 0.1) is 0 Å². The van der Waals surface area contributed by atoms with E-state index in [1.807, 2.05) is 24.3 Å². The number of hydrogen-bond acceptors (Lipinski definition) is 5. The Kier molecular flexibility index (Phi) is 3.75. The number of fused-ring (bicyclic) bond motifs is 3. The van der Waals surface area contributed by atoms with Crippen molar-refractivity contribution in [3.05, 3.63) is 46.6 Å². The quantitative estimate of drug-likeness (QED) is 0.751. The first-order valence-electron chi connectivity index (χ1n) is 8.02. The van der Waals surface area contributed by atoms with E-state index in [9.17, 15) is 5.11 Å². The molecule has 1 atom stereocenters. The van der Waals surface area contributed by atoms with Crippen LogP contribution in [0.15, 0.2) is 30.6 Å². The summed E-state index contributed by atoms with van der Waals surface area (Å²) in [5.74, 6) is 0.872. The Labute approximate surface area is 139 Å². The third kappa shape index (κ3) is 2.71. The third-order valence-electron chi connectivity index (χ3n) is 4.38. The zero-order valence-electron chi connectivity index (χ0n) is 13.0. The number of nitrogens with zero attached hydrogens (tertiary/aromatic N) is 2. The lowest BCUT2D eigenvalue weighted by Gasteiger charge is -2.13. The van der Waals surface area contributed by atoms with Gasteiger partial charge in [-0.3, -0.25) is 0 Å². The molecule has 1 aromatic carbocycles. The van der Waals surface area contributed by atoms with Crippen LogP contribution in [-0.2, 0) is 12.8 Å². The summed E-state index contributed by atoms with van der Waals surface area (Å²) in [6.45, 7) is 1.78. The van der Waals surface area contributed by atoms with Gasteiger partial charge in [0.05, 0.1) is 11.5 Å². The Bertz CT molecular complexity index is 857. The Hall–Kier alpha value is -1.98. The zero-order valence-corrected chi connectivity index (χ0v) is 13.9. The lowest BCUT2D eigenvalue weighted by atomic mass is 9.97. The van der Waals surface area contributed by atoms with Crippen molar-refractivity contribution in [1.29, 1.82) is 0 Å². The van der Waals surface area contributed by atoms with E-state index < -0.39 is 6.10 Å². The van der Waals surface area contributed by atoms with Crippen molar-refractivity contribution in [3.8, 4) is 0 Å². The van der Waals surface area contributed by atoms with E-state index in [0.29, 0.717) is 0 Å². The molecule has 0 saturated heterocycles. The lowest BCUT2D eigenvalue weighted by molar-refractivity contribution is 0.199. The fourth-order valence-corrected chi connectivity index (χ4v) is 4.43. The predicted octanol–water partition coefficient (Wildman–Crippen LogP) is 4.37. The summed E-state index contributed by atoms with van der Waals surface area (Å²) in [4.78, 5) is 11.5. The van der Waals surface area contributed by atoms with Crippen LogP contribution >= 0.6 is 11.3 Å². The van der Waals surface area contributed by atoms with Gasteiger partial charge in [-0.25, -0.2) is 9.97 Å². The Balaban J connectivity index is 1.77. The molecule has 4 rings (SSSR count). The van der Waals surface area contributed by atoms with Crippen LogP contribution in [-0.4, -0.2) is 15.1 Å². The van der Waals surface area contributed by atoms with Crippen molar-refractivity contribution in [2.45, 2.75) is 38.7 Å². The molecule has 4 nitrogen and oxygen atoms in total. The summed E-state index contributed by atoms with van der Waals surface area (Å²) in [5, 5.41) is 14.4. The van der Waals surface area contributed by atoms with Gasteiger partial charge < -0.3 is 10.4 Å². The predicted molar refractivity (Wildman–Crippen MR) is 94.4 cm³/mol. The van der Waals surface area contributed by atoms with E-state index in [0.717, 1.165) is 34.7 Å². The Morgan fingerprint density at radius 1 is 1.22 bits per heavy atom. The molecular weight excluding hydrogens is 306 g/mol. The molecular formula is C18H19N3OS. The van der Waals surface area contributed by atoms with Crippen molar-refractivity contribution in [2.75, 3.05) is 5.32 Å². The molecule has 3 aromatic rings. The first-order valence-corrected chi connectivity index (χ1v) is 8.84. The van der Waals surface area contributed by atoms with Gasteiger partial charge in [0, 0.05) is 10.6 Å². The molecule has 118 valence electrons. The van der Waals surface area contributed by atoms with Crippen LogP contribution in [0.2, 0.25) is 0 Å². The molecule has 2 aromatic heterocycles. The van der Waals surface area contributed by atoms with E-state index in [1.165, 1.54) is 28.7 Å². The third-order valence-corrected chi connectivity index (χ3v) is 5.58. The fourth-order valence-electron chi connectivity index (χ4n) is 3.20. The minimum Gasteiger partial charge on any atom is -0.389 e. The maximum absolute atomic E-state index is 9.76. The van der Waals surface area contributed by atoms with Crippen molar-refractivity contribution in [3.63, 3.8) is 0 Å². The molecule has 0 spiro atoms. The summed E-state index contributed by atoms with van der Waals surface area (Å²) in [6.07, 6.45) is 5.94. The van der Waals surface area contributed by atoms with Crippen LogP contribution in [0.3, 0.4) is 0 Å². The van der Waals surface area contributed by atoms with Gasteiger partial charge >= 0.3 is 0 Å². The maximum atomic E-state index is 9.76. The SMILES string of the molecule is CC(O)c1cccc(Nc2ncnc3sc4c(c23)CCCC4)c1. The number of rotatable bonds is 3. The van der Waals surface area contributed by atoms with Crippen molar-refractivity contribution >= 4 is 33.1 Å². The van der Waals surface area contributed by atoms with Crippen LogP contribution in [0.25, 0.3) is 10.2 Å². The average molecular weight is 325 g/mol. The van der Waals surface area contributed by atoms with Crippen molar-refractivity contribution in [1.82, 2.24) is 9.97 Å². The van der Waals surface area contributed by atoms with Crippen LogP contribution < -0.4 is 5.32 Å². The summed E-state index contributed by atoms with van der Waals surface area (Å²) in [6, 6.07) is 7.85. The van der Waals surface area contributed by atoms with Gasteiger partial charge in [0.15, 0.2) is 0 Å². The highest BCUT2D eigenvalue weighted by molar-refractivity contribution is 7.19. The Morgan fingerprint density at radius 2 is 2.09 bits per heavy atom. The molecule has 1 aliphatic carbocycles. The summed E-state index contributed by atoms with van der Waals surface area (Å²) in [5.41, 5.74) is 3.26. The molecule has 0 fully saturated rings. The van der Waals surface area contributed by atoms with E-state index in [1.54, 1.807) is 24.6 Å². The van der Waals surface area contributed by atoms with Crippen molar-refractivity contribution in [2.24, 2.45) is 0 Å². The minimum absolute atomic E-state index is 0.476. The maximum Gasteiger partial charge on any atom is 0.142 e. The number of thiophene rings is 1. The zero-order chi connectivity index (χ0) is 15.8. The Morgan fingerprint density at radius 3 is 2.96 bits per heavy atom. The highest BCUT2D eigenvalue weighted by Gasteiger charge is 2.19. The second-order valence-electron chi connectivity index (χ2n) is 6.04. The average Bonchev–Trinajstić information content (AvgIpc) is 2.94. The van der Waals surface area contributed by atoms with Gasteiger partial charge in [-0.2, -0.15) is 0 Å². The lowest BCUT2D eigenvalue weighted by Crippen LogP contribution is -2.01. The molecule has 0 bridgehead atoms. The number of aromatic nitrogens is 2. The van der Waals surface area contributed by atoms with E-state index in [-0.39, 0.29) is 0 Å². The van der Waals surface area contributed by atoms with Crippen LogP contribution in [0.5, 0.6) is 0 Å². The normalized spacial score (nSPS) is 15.4. The molecule has 1 unspecified atom stereocenters. The molecule has 23 heavy (non-hydrogen) atoms. The summed E-state index contributed by atoms with van der Waals surface area (Å²) < 4.78 is 0. The van der Waals surface area contributed by atoms with E-state index >= 15 is 0 Å². The molecule has 0 amide bonds. The molecule has 5 heteroatoms. The van der Waals surface area contributed by atoms with Crippen LogP contribution in [0.4, 0.5) is 11.5 Å². The first kappa shape index (κ1) is 14.6. The summed E-state index contributed by atoms with van der Waals surface area (Å²) >= 11 is 1.80. The molecule has 0 saturated carbocycles. The standard InChI is InChI=1S/C18H19N3OS/c1-11(22)12-5-4-6-13(9-12)21-17-16-14-7-2-3-8-15(14)23-18(16)20-10-19-17/h4-6,9-11,22H,2-3,7-8H2,1H3,(H,19,20,21). The second-order valence-corrected chi connectivity index (χ2v) is 7.12. The van der Waals surface area contributed by atoms with Gasteiger partial charge in [-0.15, -0.1) is 11.3 Å². The number of nitrogens with one attached hydrogen (secondary N) is 1. The fraction of sp³-hybridized carbons (Fsp3) is 0.333. The number of hydrogen-bond donors (Lipinski definition) is 2. The molecule has 0 radical (unpaired) electrons. The number of aliphatic hydroxyl groups is 1. The smallest absolute Gasteiger partial charge is 0.142 e. The number of benzene rings is 1. The molecule has 0 aliphatic heterocycles. The molecule has 1 aliphatic rings. The minimum atomic E-state index is -0.476. The van der Waals surface area contributed by atoms with E-state index in [2.05, 4.69) is 15.3 Å². The number of anilines is 2. The largest absolute Gasteiger partial charge is 0.389 e.